The summed E-state index contributed by atoms with van der Waals surface area (Å²) in [6.45, 7) is 7.09. The Labute approximate surface area is 112 Å². The lowest BCUT2D eigenvalue weighted by Gasteiger charge is -2.18. The van der Waals surface area contributed by atoms with Crippen LogP contribution in [-0.2, 0) is 9.59 Å². The standard InChI is InChI=1S/C15H29NO2/c1-5-14(17)9-7-6-8-10-15(18)16(4)12-11-13(2)3/h13H,5-12H2,1-4H3. The lowest BCUT2D eigenvalue weighted by molar-refractivity contribution is -0.130. The quantitative estimate of drug-likeness (QED) is 0.561. The Morgan fingerprint density at radius 2 is 1.67 bits per heavy atom. The Morgan fingerprint density at radius 1 is 1.06 bits per heavy atom. The first-order chi connectivity index (χ1) is 8.47. The zero-order valence-corrected chi connectivity index (χ0v) is 12.5. The summed E-state index contributed by atoms with van der Waals surface area (Å²) >= 11 is 0. The molecule has 0 saturated carbocycles. The zero-order chi connectivity index (χ0) is 14.0. The average Bonchev–Trinajstić information content (AvgIpc) is 2.34. The summed E-state index contributed by atoms with van der Waals surface area (Å²) in [4.78, 5) is 24.7. The Hall–Kier alpha value is -0.860. The lowest BCUT2D eigenvalue weighted by Crippen LogP contribution is -2.28. The molecule has 0 aliphatic heterocycles. The third kappa shape index (κ3) is 9.20. The SMILES string of the molecule is CCC(=O)CCCCCC(=O)N(C)CCC(C)C. The van der Waals surface area contributed by atoms with Crippen LogP contribution in [0.2, 0.25) is 0 Å². The van der Waals surface area contributed by atoms with E-state index in [1.807, 2.05) is 18.9 Å². The fourth-order valence-electron chi connectivity index (χ4n) is 1.72. The molecule has 0 aromatic carbocycles. The van der Waals surface area contributed by atoms with Crippen molar-refractivity contribution < 1.29 is 9.59 Å². The minimum Gasteiger partial charge on any atom is -0.346 e. The van der Waals surface area contributed by atoms with Gasteiger partial charge in [0.15, 0.2) is 0 Å². The van der Waals surface area contributed by atoms with Gasteiger partial charge in [-0.15, -0.1) is 0 Å². The molecule has 3 nitrogen and oxygen atoms in total. The molecule has 106 valence electrons. The zero-order valence-electron chi connectivity index (χ0n) is 12.5. The van der Waals surface area contributed by atoms with Gasteiger partial charge in [-0.3, -0.25) is 9.59 Å². The summed E-state index contributed by atoms with van der Waals surface area (Å²) in [5.41, 5.74) is 0. The van der Waals surface area contributed by atoms with Crippen LogP contribution in [0.25, 0.3) is 0 Å². The molecule has 0 aliphatic rings. The third-order valence-electron chi connectivity index (χ3n) is 3.21. The van der Waals surface area contributed by atoms with E-state index in [4.69, 9.17) is 0 Å². The molecule has 0 aromatic heterocycles. The van der Waals surface area contributed by atoms with Gasteiger partial charge in [0.25, 0.3) is 0 Å². The highest BCUT2D eigenvalue weighted by Gasteiger charge is 2.08. The van der Waals surface area contributed by atoms with Crippen molar-refractivity contribution in [2.45, 2.75) is 65.7 Å². The van der Waals surface area contributed by atoms with Gasteiger partial charge in [-0.2, -0.15) is 0 Å². The van der Waals surface area contributed by atoms with Gasteiger partial charge in [-0.25, -0.2) is 0 Å². The number of carbonyl (C=O) groups excluding carboxylic acids is 2. The van der Waals surface area contributed by atoms with Crippen LogP contribution in [0, 0.1) is 5.92 Å². The molecule has 1 amide bonds. The number of hydrogen-bond donors (Lipinski definition) is 0. The minimum atomic E-state index is 0.234. The number of Topliss-reactive ketones (excluding diaryl/α,β-unsaturated/α-hetero) is 1. The van der Waals surface area contributed by atoms with Crippen molar-refractivity contribution >= 4 is 11.7 Å². The van der Waals surface area contributed by atoms with Crippen LogP contribution in [0.4, 0.5) is 0 Å². The van der Waals surface area contributed by atoms with E-state index in [1.165, 1.54) is 0 Å². The van der Waals surface area contributed by atoms with Gasteiger partial charge in [0.05, 0.1) is 0 Å². The molecule has 0 rings (SSSR count). The number of rotatable bonds is 10. The monoisotopic (exact) mass is 255 g/mol. The van der Waals surface area contributed by atoms with Gasteiger partial charge in [0, 0.05) is 32.9 Å². The van der Waals surface area contributed by atoms with Gasteiger partial charge in [-0.05, 0) is 25.2 Å². The molecule has 3 heteroatoms. The summed E-state index contributed by atoms with van der Waals surface area (Å²) in [5.74, 6) is 1.20. The van der Waals surface area contributed by atoms with Crippen molar-refractivity contribution in [3.8, 4) is 0 Å². The maximum atomic E-state index is 11.8. The van der Waals surface area contributed by atoms with E-state index in [0.29, 0.717) is 31.0 Å². The molecule has 18 heavy (non-hydrogen) atoms. The minimum absolute atomic E-state index is 0.234. The lowest BCUT2D eigenvalue weighted by atomic mass is 10.1. The first-order valence-corrected chi connectivity index (χ1v) is 7.23. The van der Waals surface area contributed by atoms with Crippen molar-refractivity contribution in [3.05, 3.63) is 0 Å². The van der Waals surface area contributed by atoms with Crippen LogP contribution >= 0.6 is 0 Å². The number of carbonyl (C=O) groups is 2. The molecule has 0 unspecified atom stereocenters. The van der Waals surface area contributed by atoms with Gasteiger partial charge in [-0.1, -0.05) is 27.2 Å². The summed E-state index contributed by atoms with van der Waals surface area (Å²) in [7, 11) is 1.88. The largest absolute Gasteiger partial charge is 0.346 e. The predicted molar refractivity (Wildman–Crippen MR) is 75.5 cm³/mol. The maximum absolute atomic E-state index is 11.8. The first-order valence-electron chi connectivity index (χ1n) is 7.23. The first kappa shape index (κ1) is 17.1. The molecule has 0 N–H and O–H groups in total. The third-order valence-corrected chi connectivity index (χ3v) is 3.21. The van der Waals surface area contributed by atoms with Crippen molar-refractivity contribution in [2.24, 2.45) is 5.92 Å². The van der Waals surface area contributed by atoms with Crippen molar-refractivity contribution in [1.82, 2.24) is 4.90 Å². The fraction of sp³-hybridized carbons (Fsp3) is 0.867. The molecule has 0 aliphatic carbocycles. The number of ketones is 1. The smallest absolute Gasteiger partial charge is 0.222 e. The maximum Gasteiger partial charge on any atom is 0.222 e. The van der Waals surface area contributed by atoms with Crippen LogP contribution in [0.15, 0.2) is 0 Å². The van der Waals surface area contributed by atoms with Crippen molar-refractivity contribution in [2.75, 3.05) is 13.6 Å². The predicted octanol–water partition coefficient (Wildman–Crippen LogP) is 3.42. The van der Waals surface area contributed by atoms with Crippen LogP contribution in [0.3, 0.4) is 0 Å². The number of unbranched alkanes of at least 4 members (excludes halogenated alkanes) is 2. The van der Waals surface area contributed by atoms with E-state index in [9.17, 15) is 9.59 Å². The molecule has 0 atom stereocenters. The number of amides is 1. The molecule has 0 fully saturated rings. The molecule has 0 spiro atoms. The van der Waals surface area contributed by atoms with Crippen molar-refractivity contribution in [1.29, 1.82) is 0 Å². The Kier molecular flexibility index (Phi) is 9.62. The van der Waals surface area contributed by atoms with Crippen molar-refractivity contribution in [3.63, 3.8) is 0 Å². The van der Waals surface area contributed by atoms with Gasteiger partial charge in [0.2, 0.25) is 5.91 Å². The highest BCUT2D eigenvalue weighted by molar-refractivity contribution is 5.78. The summed E-state index contributed by atoms with van der Waals surface area (Å²) in [6, 6.07) is 0. The molecule has 0 aromatic rings. The van der Waals surface area contributed by atoms with Gasteiger partial charge in [0.1, 0.15) is 5.78 Å². The number of nitrogens with zero attached hydrogens (tertiary/aromatic N) is 1. The normalized spacial score (nSPS) is 10.7. The second kappa shape index (κ2) is 10.1. The highest BCUT2D eigenvalue weighted by Crippen LogP contribution is 2.07. The topological polar surface area (TPSA) is 37.4 Å². The van der Waals surface area contributed by atoms with E-state index in [0.717, 1.165) is 32.2 Å². The molecular formula is C15H29NO2. The second-order valence-electron chi connectivity index (χ2n) is 5.45. The van der Waals surface area contributed by atoms with Crippen LogP contribution in [0.5, 0.6) is 0 Å². The Bertz CT molecular complexity index is 249. The number of hydrogen-bond acceptors (Lipinski definition) is 2. The van der Waals surface area contributed by atoms with Crippen LogP contribution in [-0.4, -0.2) is 30.2 Å². The Morgan fingerprint density at radius 3 is 2.22 bits per heavy atom. The molecule has 0 bridgehead atoms. The van der Waals surface area contributed by atoms with Crippen LogP contribution in [0.1, 0.15) is 65.7 Å². The Balaban J connectivity index is 3.54. The summed E-state index contributed by atoms with van der Waals surface area (Å²) in [5, 5.41) is 0. The van der Waals surface area contributed by atoms with Gasteiger partial charge < -0.3 is 4.90 Å². The van der Waals surface area contributed by atoms with E-state index >= 15 is 0 Å². The van der Waals surface area contributed by atoms with Crippen LogP contribution < -0.4 is 0 Å². The highest BCUT2D eigenvalue weighted by atomic mass is 16.2. The van der Waals surface area contributed by atoms with Gasteiger partial charge >= 0.3 is 0 Å². The van der Waals surface area contributed by atoms with E-state index in [1.54, 1.807) is 0 Å². The summed E-state index contributed by atoms with van der Waals surface area (Å²) < 4.78 is 0. The van der Waals surface area contributed by atoms with E-state index in [2.05, 4.69) is 13.8 Å². The molecule has 0 radical (unpaired) electrons. The van der Waals surface area contributed by atoms with E-state index < -0.39 is 0 Å². The molecular weight excluding hydrogens is 226 g/mol. The average molecular weight is 255 g/mol. The molecule has 0 saturated heterocycles. The summed E-state index contributed by atoms with van der Waals surface area (Å²) in [6.07, 6.45) is 5.81. The second-order valence-corrected chi connectivity index (χ2v) is 5.45. The van der Waals surface area contributed by atoms with E-state index in [-0.39, 0.29) is 5.91 Å². The molecule has 0 heterocycles. The fourth-order valence-corrected chi connectivity index (χ4v) is 1.72.